The van der Waals surface area contributed by atoms with Crippen molar-refractivity contribution >= 4 is 17.4 Å². The first-order valence-corrected chi connectivity index (χ1v) is 8.65. The van der Waals surface area contributed by atoms with E-state index in [0.29, 0.717) is 5.69 Å². The lowest BCUT2D eigenvalue weighted by atomic mass is 9.97. The molecule has 1 aliphatic carbocycles. The number of hydrogen-bond acceptors (Lipinski definition) is 3. The van der Waals surface area contributed by atoms with Crippen molar-refractivity contribution in [2.24, 2.45) is 0 Å². The number of benzene rings is 1. The lowest BCUT2D eigenvalue weighted by molar-refractivity contribution is 0.102. The Morgan fingerprint density at radius 1 is 1.20 bits per heavy atom. The van der Waals surface area contributed by atoms with Crippen molar-refractivity contribution in [3.8, 4) is 0 Å². The number of rotatable bonds is 6. The first-order valence-electron chi connectivity index (χ1n) is 8.65. The molecule has 0 unspecified atom stereocenters. The van der Waals surface area contributed by atoms with Crippen molar-refractivity contribution in [2.45, 2.75) is 32.1 Å². The summed E-state index contributed by atoms with van der Waals surface area (Å²) in [4.78, 5) is 16.4. The van der Waals surface area contributed by atoms with Crippen LogP contribution in [0.15, 0.2) is 54.2 Å². The van der Waals surface area contributed by atoms with Crippen LogP contribution in [0.2, 0.25) is 0 Å². The quantitative estimate of drug-likeness (QED) is 0.745. The zero-order valence-electron chi connectivity index (χ0n) is 14.1. The summed E-state index contributed by atoms with van der Waals surface area (Å²) in [5.41, 5.74) is 2.38. The molecule has 1 aromatic carbocycles. The second kappa shape index (κ2) is 8.42. The van der Waals surface area contributed by atoms with Gasteiger partial charge in [0.25, 0.3) is 5.91 Å². The van der Waals surface area contributed by atoms with Crippen LogP contribution in [0.3, 0.4) is 0 Å². The number of pyridine rings is 1. The third-order valence-electron chi connectivity index (χ3n) is 4.25. The topological polar surface area (TPSA) is 54.0 Å². The van der Waals surface area contributed by atoms with Crippen LogP contribution in [0.5, 0.6) is 0 Å². The van der Waals surface area contributed by atoms with Gasteiger partial charge in [0, 0.05) is 12.1 Å². The summed E-state index contributed by atoms with van der Waals surface area (Å²) in [6.07, 6.45) is 10.0. The Morgan fingerprint density at radius 3 is 2.84 bits per heavy atom. The van der Waals surface area contributed by atoms with Gasteiger partial charge in [-0.3, -0.25) is 4.79 Å². The molecule has 130 valence electrons. The van der Waals surface area contributed by atoms with E-state index in [1.807, 2.05) is 6.07 Å². The van der Waals surface area contributed by atoms with E-state index in [9.17, 15) is 9.18 Å². The average molecular weight is 339 g/mol. The summed E-state index contributed by atoms with van der Waals surface area (Å²) in [5, 5.41) is 6.01. The van der Waals surface area contributed by atoms with Crippen molar-refractivity contribution in [3.63, 3.8) is 0 Å². The van der Waals surface area contributed by atoms with Crippen LogP contribution in [0.4, 0.5) is 15.9 Å². The van der Waals surface area contributed by atoms with Crippen LogP contribution < -0.4 is 10.6 Å². The van der Waals surface area contributed by atoms with E-state index in [1.165, 1.54) is 49.5 Å². The van der Waals surface area contributed by atoms with Gasteiger partial charge >= 0.3 is 0 Å². The number of halogens is 1. The van der Waals surface area contributed by atoms with E-state index in [2.05, 4.69) is 21.7 Å². The first-order chi connectivity index (χ1) is 12.2. The molecule has 25 heavy (non-hydrogen) atoms. The van der Waals surface area contributed by atoms with Crippen molar-refractivity contribution in [1.82, 2.24) is 4.98 Å². The number of nitrogens with one attached hydrogen (secondary N) is 2. The van der Waals surface area contributed by atoms with Gasteiger partial charge in [-0.05, 0) is 62.4 Å². The number of carbonyl (C=O) groups is 1. The summed E-state index contributed by atoms with van der Waals surface area (Å²) in [6.45, 7) is 0.855. The third-order valence-corrected chi connectivity index (χ3v) is 4.25. The Balaban J connectivity index is 1.50. The summed E-state index contributed by atoms with van der Waals surface area (Å²) in [7, 11) is 0. The van der Waals surface area contributed by atoms with E-state index >= 15 is 0 Å². The molecule has 0 fully saturated rings. The monoisotopic (exact) mass is 339 g/mol. The number of anilines is 2. The average Bonchev–Trinajstić information content (AvgIpc) is 2.64. The predicted octanol–water partition coefficient (Wildman–Crippen LogP) is 4.78. The van der Waals surface area contributed by atoms with Gasteiger partial charge in [-0.15, -0.1) is 0 Å². The zero-order valence-corrected chi connectivity index (χ0v) is 14.1. The van der Waals surface area contributed by atoms with Crippen LogP contribution >= 0.6 is 0 Å². The number of aromatic nitrogens is 1. The number of hydrogen-bond donors (Lipinski definition) is 2. The SMILES string of the molecule is O=C(Nc1ccc(NCCC2=CCCCC2)nc1)c1cccc(F)c1. The van der Waals surface area contributed by atoms with Crippen LogP contribution in [0.1, 0.15) is 42.5 Å². The highest BCUT2D eigenvalue weighted by molar-refractivity contribution is 6.04. The minimum atomic E-state index is -0.432. The van der Waals surface area contributed by atoms with Crippen molar-refractivity contribution in [3.05, 3.63) is 65.6 Å². The van der Waals surface area contributed by atoms with Gasteiger partial charge in [0.2, 0.25) is 0 Å². The molecule has 0 saturated heterocycles. The molecule has 0 saturated carbocycles. The molecule has 0 aliphatic heterocycles. The first kappa shape index (κ1) is 17.1. The van der Waals surface area contributed by atoms with E-state index in [-0.39, 0.29) is 11.5 Å². The molecule has 1 aromatic heterocycles. The molecule has 2 N–H and O–H groups in total. The van der Waals surface area contributed by atoms with Gasteiger partial charge in [0.15, 0.2) is 0 Å². The largest absolute Gasteiger partial charge is 0.370 e. The highest BCUT2D eigenvalue weighted by atomic mass is 19.1. The molecule has 0 radical (unpaired) electrons. The number of carbonyl (C=O) groups excluding carboxylic acids is 1. The lowest BCUT2D eigenvalue weighted by Gasteiger charge is -2.13. The summed E-state index contributed by atoms with van der Waals surface area (Å²) < 4.78 is 13.2. The fourth-order valence-corrected chi connectivity index (χ4v) is 2.89. The van der Waals surface area contributed by atoms with Gasteiger partial charge < -0.3 is 10.6 Å². The van der Waals surface area contributed by atoms with E-state index in [1.54, 1.807) is 18.3 Å². The van der Waals surface area contributed by atoms with Crippen molar-refractivity contribution in [2.75, 3.05) is 17.2 Å². The molecule has 1 heterocycles. The Bertz CT molecular complexity index is 756. The fourth-order valence-electron chi connectivity index (χ4n) is 2.89. The number of allylic oxidation sites excluding steroid dienone is 1. The van der Waals surface area contributed by atoms with Gasteiger partial charge in [-0.1, -0.05) is 17.7 Å². The van der Waals surface area contributed by atoms with Gasteiger partial charge in [0.1, 0.15) is 11.6 Å². The molecule has 1 amide bonds. The Labute approximate surface area is 147 Å². The Kier molecular flexibility index (Phi) is 5.77. The fraction of sp³-hybridized carbons (Fsp3) is 0.300. The number of nitrogens with zero attached hydrogens (tertiary/aromatic N) is 1. The van der Waals surface area contributed by atoms with Gasteiger partial charge in [-0.2, -0.15) is 0 Å². The molecule has 3 rings (SSSR count). The van der Waals surface area contributed by atoms with Gasteiger partial charge in [0.05, 0.1) is 11.9 Å². The molecule has 1 aliphatic rings. The highest BCUT2D eigenvalue weighted by Gasteiger charge is 2.07. The summed E-state index contributed by atoms with van der Waals surface area (Å²) in [6, 6.07) is 9.21. The standard InChI is InChI=1S/C20H22FN3O/c21-17-8-4-7-16(13-17)20(25)24-18-9-10-19(23-14-18)22-12-11-15-5-2-1-3-6-15/h4-5,7-10,13-14H,1-3,6,11-12H2,(H,22,23)(H,24,25). The third kappa shape index (κ3) is 5.14. The molecular weight excluding hydrogens is 317 g/mol. The summed E-state index contributed by atoms with van der Waals surface area (Å²) in [5.74, 6) is -0.00943. The molecule has 4 nitrogen and oxygen atoms in total. The second-order valence-electron chi connectivity index (χ2n) is 6.18. The van der Waals surface area contributed by atoms with Crippen LogP contribution in [-0.2, 0) is 0 Å². The lowest BCUT2D eigenvalue weighted by Crippen LogP contribution is -2.12. The molecule has 0 bridgehead atoms. The molecule has 5 heteroatoms. The van der Waals surface area contributed by atoms with Crippen LogP contribution in [-0.4, -0.2) is 17.4 Å². The van der Waals surface area contributed by atoms with Crippen LogP contribution in [0.25, 0.3) is 0 Å². The van der Waals surface area contributed by atoms with E-state index < -0.39 is 5.82 Å². The minimum absolute atomic E-state index is 0.281. The smallest absolute Gasteiger partial charge is 0.255 e. The predicted molar refractivity (Wildman–Crippen MR) is 98.2 cm³/mol. The molecular formula is C20H22FN3O. The Morgan fingerprint density at radius 2 is 2.12 bits per heavy atom. The van der Waals surface area contributed by atoms with Gasteiger partial charge in [-0.25, -0.2) is 9.37 Å². The number of amides is 1. The maximum atomic E-state index is 13.2. The van der Waals surface area contributed by atoms with Crippen molar-refractivity contribution in [1.29, 1.82) is 0 Å². The zero-order chi connectivity index (χ0) is 17.5. The molecule has 0 atom stereocenters. The maximum absolute atomic E-state index is 13.2. The summed E-state index contributed by atoms with van der Waals surface area (Å²) >= 11 is 0. The van der Waals surface area contributed by atoms with Crippen molar-refractivity contribution < 1.29 is 9.18 Å². The maximum Gasteiger partial charge on any atom is 0.255 e. The normalized spacial score (nSPS) is 13.9. The Hall–Kier alpha value is -2.69. The second-order valence-corrected chi connectivity index (χ2v) is 6.18. The van der Waals surface area contributed by atoms with Crippen LogP contribution in [0, 0.1) is 5.82 Å². The molecule has 0 spiro atoms. The highest BCUT2D eigenvalue weighted by Crippen LogP contribution is 2.20. The van der Waals surface area contributed by atoms with E-state index in [0.717, 1.165) is 18.8 Å². The molecule has 2 aromatic rings. The van der Waals surface area contributed by atoms with E-state index in [4.69, 9.17) is 0 Å². The minimum Gasteiger partial charge on any atom is -0.370 e.